The maximum Gasteiger partial charge on any atom is 0.296 e. The Morgan fingerprint density at radius 1 is 1.35 bits per heavy atom. The van der Waals surface area contributed by atoms with Crippen LogP contribution in [0.2, 0.25) is 18.1 Å². The molecule has 1 heterocycles. The molecule has 118 valence electrons. The van der Waals surface area contributed by atoms with Crippen molar-refractivity contribution >= 4 is 8.32 Å². The molecule has 0 N–H and O–H groups in total. The highest BCUT2D eigenvalue weighted by atomic mass is 28.4. The Hall–Kier alpha value is -0.663. The van der Waals surface area contributed by atoms with E-state index < -0.39 is 19.6 Å². The van der Waals surface area contributed by atoms with E-state index in [2.05, 4.69) is 33.9 Å². The van der Waals surface area contributed by atoms with Crippen molar-refractivity contribution in [2.24, 2.45) is 0 Å². The van der Waals surface area contributed by atoms with Crippen molar-refractivity contribution in [3.05, 3.63) is 10.1 Å². The van der Waals surface area contributed by atoms with E-state index >= 15 is 0 Å². The summed E-state index contributed by atoms with van der Waals surface area (Å²) in [6.45, 7) is 13.2. The van der Waals surface area contributed by atoms with E-state index in [4.69, 9.17) is 9.26 Å². The summed E-state index contributed by atoms with van der Waals surface area (Å²) >= 11 is 0. The average molecular weight is 304 g/mol. The van der Waals surface area contributed by atoms with E-state index in [9.17, 15) is 10.1 Å². The number of hydrogen-bond acceptors (Lipinski definition) is 5. The van der Waals surface area contributed by atoms with Gasteiger partial charge in [0.05, 0.1) is 0 Å². The second-order valence-electron chi connectivity index (χ2n) is 6.92. The molecule has 0 aromatic rings. The van der Waals surface area contributed by atoms with E-state index in [0.29, 0.717) is 13.2 Å². The molecule has 0 bridgehead atoms. The molecule has 1 fully saturated rings. The molecule has 0 spiro atoms. The van der Waals surface area contributed by atoms with Gasteiger partial charge in [-0.2, -0.15) is 0 Å². The molecule has 1 aliphatic heterocycles. The van der Waals surface area contributed by atoms with Gasteiger partial charge in [0.1, 0.15) is 0 Å². The molecule has 1 unspecified atom stereocenters. The summed E-state index contributed by atoms with van der Waals surface area (Å²) in [4.78, 5) is 17.3. The number of nitrogens with zero attached hydrogens (tertiary/aromatic N) is 2. The molecule has 0 aromatic heterocycles. The first-order valence-corrected chi connectivity index (χ1v) is 10.2. The minimum absolute atomic E-state index is 0.186. The summed E-state index contributed by atoms with van der Waals surface area (Å²) in [6, 6.07) is 0. The largest absolute Gasteiger partial charge is 0.416 e. The fourth-order valence-electron chi connectivity index (χ4n) is 2.07. The lowest BCUT2D eigenvalue weighted by Crippen LogP contribution is -2.46. The van der Waals surface area contributed by atoms with Crippen LogP contribution in [0.15, 0.2) is 0 Å². The van der Waals surface area contributed by atoms with Crippen molar-refractivity contribution in [1.82, 2.24) is 4.90 Å². The number of piperidine rings is 1. The smallest absolute Gasteiger partial charge is 0.296 e. The normalized spacial score (nSPS) is 21.8. The van der Waals surface area contributed by atoms with Gasteiger partial charge in [0.2, 0.25) is 0 Å². The molecule has 1 saturated heterocycles. The Labute approximate surface area is 122 Å². The molecule has 0 aromatic carbocycles. The number of hydrogen-bond donors (Lipinski definition) is 0. The van der Waals surface area contributed by atoms with Crippen molar-refractivity contribution < 1.29 is 14.4 Å². The second kappa shape index (κ2) is 6.86. The van der Waals surface area contributed by atoms with Crippen LogP contribution in [0.4, 0.5) is 0 Å². The third-order valence-electron chi connectivity index (χ3n) is 4.41. The van der Waals surface area contributed by atoms with Gasteiger partial charge in [0, 0.05) is 19.7 Å². The fraction of sp³-hybridized carbons (Fsp3) is 1.00. The molecule has 0 radical (unpaired) electrons. The third-order valence-corrected chi connectivity index (χ3v) is 8.95. The predicted molar refractivity (Wildman–Crippen MR) is 80.4 cm³/mol. The molecular weight excluding hydrogens is 276 g/mol. The predicted octanol–water partition coefficient (Wildman–Crippen LogP) is 3.03. The van der Waals surface area contributed by atoms with E-state index in [1.807, 2.05) is 4.90 Å². The molecule has 6 nitrogen and oxygen atoms in total. The van der Waals surface area contributed by atoms with Crippen molar-refractivity contribution in [2.45, 2.75) is 64.4 Å². The number of rotatable bonds is 6. The minimum Gasteiger partial charge on any atom is -0.416 e. The SMILES string of the molecule is CC(C)(C)[Si](C)(C)OCCN1CCCCC1O[N+](=O)[O-]. The first kappa shape index (κ1) is 17.4. The Bertz CT molecular complexity index is 331. The topological polar surface area (TPSA) is 64.8 Å². The van der Waals surface area contributed by atoms with Gasteiger partial charge < -0.3 is 4.43 Å². The summed E-state index contributed by atoms with van der Waals surface area (Å²) in [6.07, 6.45) is 2.37. The van der Waals surface area contributed by atoms with E-state index in [-0.39, 0.29) is 5.04 Å². The maximum atomic E-state index is 10.5. The summed E-state index contributed by atoms with van der Waals surface area (Å²) in [5.74, 6) is 0. The fourth-order valence-corrected chi connectivity index (χ4v) is 3.10. The Morgan fingerprint density at radius 2 is 2.00 bits per heavy atom. The van der Waals surface area contributed by atoms with Gasteiger partial charge in [-0.15, -0.1) is 10.1 Å². The summed E-state index contributed by atoms with van der Waals surface area (Å²) in [5.41, 5.74) is 0. The van der Waals surface area contributed by atoms with Crippen LogP contribution in [-0.4, -0.2) is 44.2 Å². The molecule has 1 rings (SSSR count). The van der Waals surface area contributed by atoms with Crippen molar-refractivity contribution in [1.29, 1.82) is 0 Å². The van der Waals surface area contributed by atoms with Crippen molar-refractivity contribution in [3.8, 4) is 0 Å². The molecule has 0 saturated carbocycles. The first-order chi connectivity index (χ1) is 9.13. The highest BCUT2D eigenvalue weighted by Crippen LogP contribution is 2.36. The van der Waals surface area contributed by atoms with Gasteiger partial charge in [-0.05, 0) is 37.4 Å². The zero-order chi connectivity index (χ0) is 15.4. The molecule has 7 heteroatoms. The number of likely N-dealkylation sites (tertiary alicyclic amines) is 1. The van der Waals surface area contributed by atoms with Crippen molar-refractivity contribution in [2.75, 3.05) is 19.7 Å². The Kier molecular flexibility index (Phi) is 5.97. The minimum atomic E-state index is -1.74. The molecule has 1 atom stereocenters. The maximum absolute atomic E-state index is 10.5. The van der Waals surface area contributed by atoms with Crippen LogP contribution >= 0.6 is 0 Å². The molecule has 1 aliphatic rings. The lowest BCUT2D eigenvalue weighted by molar-refractivity contribution is -0.775. The Balaban J connectivity index is 2.44. The van der Waals surface area contributed by atoms with E-state index in [0.717, 1.165) is 25.8 Å². The van der Waals surface area contributed by atoms with Crippen LogP contribution in [0.1, 0.15) is 40.0 Å². The summed E-state index contributed by atoms with van der Waals surface area (Å²) in [5, 5.41) is 10.0. The van der Waals surface area contributed by atoms with Gasteiger partial charge in [-0.3, -0.25) is 9.74 Å². The molecule has 0 aliphatic carbocycles. The third kappa shape index (κ3) is 5.03. The summed E-state index contributed by atoms with van der Waals surface area (Å²) in [7, 11) is -1.74. The zero-order valence-electron chi connectivity index (χ0n) is 13.3. The zero-order valence-corrected chi connectivity index (χ0v) is 14.3. The van der Waals surface area contributed by atoms with Crippen LogP contribution < -0.4 is 0 Å². The molecule has 20 heavy (non-hydrogen) atoms. The van der Waals surface area contributed by atoms with E-state index in [1.54, 1.807) is 0 Å². The average Bonchev–Trinajstić information content (AvgIpc) is 2.29. The second-order valence-corrected chi connectivity index (χ2v) is 11.7. The van der Waals surface area contributed by atoms with Crippen LogP contribution in [0.5, 0.6) is 0 Å². The van der Waals surface area contributed by atoms with Crippen LogP contribution in [0, 0.1) is 10.1 Å². The highest BCUT2D eigenvalue weighted by molar-refractivity contribution is 6.74. The molecule has 0 amide bonds. The molecular formula is C13H28N2O4Si. The van der Waals surface area contributed by atoms with Crippen LogP contribution in [0.3, 0.4) is 0 Å². The lowest BCUT2D eigenvalue weighted by Gasteiger charge is -2.38. The first-order valence-electron chi connectivity index (χ1n) is 7.33. The van der Waals surface area contributed by atoms with Gasteiger partial charge in [0.25, 0.3) is 5.09 Å². The van der Waals surface area contributed by atoms with Crippen molar-refractivity contribution in [3.63, 3.8) is 0 Å². The standard InChI is InChI=1S/C13H28N2O4Si/c1-13(2,3)20(4,5)18-11-10-14-9-7-6-8-12(14)19-15(16)17/h12H,6-11H2,1-5H3. The van der Waals surface area contributed by atoms with Gasteiger partial charge in [0.15, 0.2) is 14.5 Å². The monoisotopic (exact) mass is 304 g/mol. The summed E-state index contributed by atoms with van der Waals surface area (Å²) < 4.78 is 6.12. The Morgan fingerprint density at radius 3 is 2.55 bits per heavy atom. The van der Waals surface area contributed by atoms with Gasteiger partial charge in [-0.25, -0.2) is 0 Å². The van der Waals surface area contributed by atoms with Crippen LogP contribution in [0.25, 0.3) is 0 Å². The van der Waals surface area contributed by atoms with Crippen LogP contribution in [-0.2, 0) is 9.26 Å². The quantitative estimate of drug-likeness (QED) is 0.429. The van der Waals surface area contributed by atoms with Gasteiger partial charge in [-0.1, -0.05) is 20.8 Å². The lowest BCUT2D eigenvalue weighted by atomic mass is 10.1. The van der Waals surface area contributed by atoms with E-state index in [1.165, 1.54) is 0 Å². The highest BCUT2D eigenvalue weighted by Gasteiger charge is 2.37. The van der Waals surface area contributed by atoms with Gasteiger partial charge >= 0.3 is 0 Å².